The maximum Gasteiger partial charge on any atom is 0.227 e. The second kappa shape index (κ2) is 8.02. The van der Waals surface area contributed by atoms with E-state index in [9.17, 15) is 9.59 Å². The van der Waals surface area contributed by atoms with Gasteiger partial charge in [-0.25, -0.2) is 0 Å². The lowest BCUT2D eigenvalue weighted by molar-refractivity contribution is -0.143. The molecule has 2 aliphatic rings. The Kier molecular flexibility index (Phi) is 5.76. The zero-order valence-electron chi connectivity index (χ0n) is 15.5. The lowest BCUT2D eigenvalue weighted by Crippen LogP contribution is -2.47. The van der Waals surface area contributed by atoms with Gasteiger partial charge in [-0.05, 0) is 38.2 Å². The average Bonchev–Trinajstić information content (AvgIpc) is 3.02. The number of amides is 2. The molecule has 1 N–H and O–H groups in total. The second-order valence-electron chi connectivity index (χ2n) is 7.77. The molecule has 1 saturated heterocycles. The molecule has 1 aromatic heterocycles. The van der Waals surface area contributed by atoms with Crippen LogP contribution in [-0.2, 0) is 16.1 Å². The van der Waals surface area contributed by atoms with Crippen LogP contribution in [0.15, 0.2) is 6.07 Å². The van der Waals surface area contributed by atoms with Crippen LogP contribution < -0.4 is 0 Å². The summed E-state index contributed by atoms with van der Waals surface area (Å²) in [5.41, 5.74) is 1.87. The van der Waals surface area contributed by atoms with Gasteiger partial charge in [0.2, 0.25) is 11.8 Å². The van der Waals surface area contributed by atoms with E-state index in [0.717, 1.165) is 17.9 Å². The summed E-state index contributed by atoms with van der Waals surface area (Å²) in [6, 6.07) is 1.96. The van der Waals surface area contributed by atoms with Crippen molar-refractivity contribution >= 4 is 11.8 Å². The number of carbonyl (C=O) groups is 2. The predicted octanol–water partition coefficient (Wildman–Crippen LogP) is 2.50. The van der Waals surface area contributed by atoms with Gasteiger partial charge in [0.05, 0.1) is 18.2 Å². The summed E-state index contributed by atoms with van der Waals surface area (Å²) < 4.78 is 0. The highest BCUT2D eigenvalue weighted by Gasteiger charge is 2.33. The first-order valence-corrected chi connectivity index (χ1v) is 9.56. The number of hydrogen-bond acceptors (Lipinski definition) is 3. The molecule has 1 saturated carbocycles. The van der Waals surface area contributed by atoms with E-state index >= 15 is 0 Å². The topological polar surface area (TPSA) is 69.3 Å². The summed E-state index contributed by atoms with van der Waals surface area (Å²) in [6.07, 6.45) is 7.49. The molecule has 1 aliphatic carbocycles. The molecule has 1 aromatic rings. The summed E-state index contributed by atoms with van der Waals surface area (Å²) in [6.45, 7) is 3.88. The van der Waals surface area contributed by atoms with Crippen LogP contribution in [-0.4, -0.2) is 51.9 Å². The largest absolute Gasteiger partial charge is 0.342 e. The number of rotatable bonds is 5. The fourth-order valence-corrected chi connectivity index (χ4v) is 4.16. The molecule has 0 aromatic carbocycles. The van der Waals surface area contributed by atoms with E-state index in [1.54, 1.807) is 4.90 Å². The minimum atomic E-state index is -0.0775. The Bertz CT molecular complexity index is 606. The van der Waals surface area contributed by atoms with Crippen LogP contribution in [0.1, 0.15) is 56.3 Å². The fourth-order valence-electron chi connectivity index (χ4n) is 4.16. The molecule has 2 heterocycles. The van der Waals surface area contributed by atoms with Crippen LogP contribution in [0, 0.1) is 18.8 Å². The number of piperidine rings is 1. The number of likely N-dealkylation sites (tertiary alicyclic amines) is 1. The second-order valence-corrected chi connectivity index (χ2v) is 7.77. The van der Waals surface area contributed by atoms with Crippen molar-refractivity contribution in [2.45, 2.75) is 58.4 Å². The fraction of sp³-hybridized carbons (Fsp3) is 0.737. The maximum atomic E-state index is 12.8. The Hall–Kier alpha value is -1.85. The molecule has 1 atom stereocenters. The van der Waals surface area contributed by atoms with Crippen molar-refractivity contribution < 1.29 is 9.59 Å². The predicted molar refractivity (Wildman–Crippen MR) is 95.7 cm³/mol. The van der Waals surface area contributed by atoms with Crippen LogP contribution in [0.25, 0.3) is 0 Å². The van der Waals surface area contributed by atoms with Gasteiger partial charge in [0.15, 0.2) is 0 Å². The summed E-state index contributed by atoms with van der Waals surface area (Å²) in [5.74, 6) is 0.893. The van der Waals surface area contributed by atoms with Crippen LogP contribution in [0.5, 0.6) is 0 Å². The molecule has 138 valence electrons. The molecule has 6 heteroatoms. The Labute approximate surface area is 149 Å². The van der Waals surface area contributed by atoms with E-state index in [1.807, 2.05) is 24.9 Å². The standard InChI is InChI=1S/C19H30N4O2/c1-14-10-17(21-20-14)13-22(2)19(25)16-8-9-18(24)23(12-16)11-15-6-4-3-5-7-15/h10,15-16H,3-9,11-13H2,1-2H3,(H,20,21)/t16-/m1/s1. The van der Waals surface area contributed by atoms with Gasteiger partial charge in [-0.15, -0.1) is 0 Å². The number of nitrogens with one attached hydrogen (secondary N) is 1. The minimum Gasteiger partial charge on any atom is -0.342 e. The van der Waals surface area contributed by atoms with E-state index in [2.05, 4.69) is 10.2 Å². The number of H-pyrrole nitrogens is 1. The van der Waals surface area contributed by atoms with Crippen molar-refractivity contribution in [1.29, 1.82) is 0 Å². The minimum absolute atomic E-state index is 0.0775. The molecule has 6 nitrogen and oxygen atoms in total. The number of nitrogens with zero attached hydrogens (tertiary/aromatic N) is 3. The zero-order valence-corrected chi connectivity index (χ0v) is 15.5. The van der Waals surface area contributed by atoms with Gasteiger partial charge in [-0.3, -0.25) is 14.7 Å². The van der Waals surface area contributed by atoms with Crippen molar-refractivity contribution in [3.8, 4) is 0 Å². The molecular weight excluding hydrogens is 316 g/mol. The van der Waals surface area contributed by atoms with Gasteiger partial charge in [0, 0.05) is 32.3 Å². The summed E-state index contributed by atoms with van der Waals surface area (Å²) in [7, 11) is 1.83. The monoisotopic (exact) mass is 346 g/mol. The van der Waals surface area contributed by atoms with E-state index in [4.69, 9.17) is 0 Å². The van der Waals surface area contributed by atoms with Crippen LogP contribution in [0.2, 0.25) is 0 Å². The van der Waals surface area contributed by atoms with Crippen molar-refractivity contribution in [2.24, 2.45) is 11.8 Å². The molecule has 0 radical (unpaired) electrons. The molecular formula is C19H30N4O2. The highest BCUT2D eigenvalue weighted by atomic mass is 16.2. The van der Waals surface area contributed by atoms with Crippen molar-refractivity contribution in [3.63, 3.8) is 0 Å². The lowest BCUT2D eigenvalue weighted by Gasteiger charge is -2.36. The highest BCUT2D eigenvalue weighted by molar-refractivity contribution is 5.83. The molecule has 0 spiro atoms. The van der Waals surface area contributed by atoms with Crippen LogP contribution in [0.4, 0.5) is 0 Å². The van der Waals surface area contributed by atoms with Gasteiger partial charge in [-0.1, -0.05) is 19.3 Å². The summed E-state index contributed by atoms with van der Waals surface area (Å²) >= 11 is 0. The molecule has 0 bridgehead atoms. The summed E-state index contributed by atoms with van der Waals surface area (Å²) in [5, 5.41) is 7.11. The third-order valence-electron chi connectivity index (χ3n) is 5.59. The smallest absolute Gasteiger partial charge is 0.227 e. The molecule has 0 unspecified atom stereocenters. The highest BCUT2D eigenvalue weighted by Crippen LogP contribution is 2.27. The first kappa shape index (κ1) is 18.0. The first-order chi connectivity index (χ1) is 12.0. The van der Waals surface area contributed by atoms with E-state index in [-0.39, 0.29) is 17.7 Å². The van der Waals surface area contributed by atoms with Crippen LogP contribution >= 0.6 is 0 Å². The molecule has 1 aliphatic heterocycles. The van der Waals surface area contributed by atoms with Crippen LogP contribution in [0.3, 0.4) is 0 Å². The van der Waals surface area contributed by atoms with Crippen molar-refractivity contribution in [1.82, 2.24) is 20.0 Å². The van der Waals surface area contributed by atoms with E-state index in [1.165, 1.54) is 32.1 Å². The summed E-state index contributed by atoms with van der Waals surface area (Å²) in [4.78, 5) is 28.8. The number of carbonyl (C=O) groups excluding carboxylic acids is 2. The number of hydrogen-bond donors (Lipinski definition) is 1. The van der Waals surface area contributed by atoms with Gasteiger partial charge in [-0.2, -0.15) is 5.10 Å². The van der Waals surface area contributed by atoms with E-state index in [0.29, 0.717) is 31.8 Å². The van der Waals surface area contributed by atoms with Crippen molar-refractivity contribution in [2.75, 3.05) is 20.1 Å². The Morgan fingerprint density at radius 2 is 2.08 bits per heavy atom. The lowest BCUT2D eigenvalue weighted by atomic mass is 9.87. The molecule has 2 amide bonds. The maximum absolute atomic E-state index is 12.8. The van der Waals surface area contributed by atoms with E-state index < -0.39 is 0 Å². The number of aromatic amines is 1. The Morgan fingerprint density at radius 3 is 2.76 bits per heavy atom. The molecule has 2 fully saturated rings. The Balaban J connectivity index is 1.55. The number of aromatic nitrogens is 2. The van der Waals surface area contributed by atoms with Gasteiger partial charge >= 0.3 is 0 Å². The zero-order chi connectivity index (χ0) is 17.8. The van der Waals surface area contributed by atoms with Gasteiger partial charge in [0.1, 0.15) is 0 Å². The third-order valence-corrected chi connectivity index (χ3v) is 5.59. The molecule has 3 rings (SSSR count). The first-order valence-electron chi connectivity index (χ1n) is 9.56. The van der Waals surface area contributed by atoms with Gasteiger partial charge in [0.25, 0.3) is 0 Å². The Morgan fingerprint density at radius 1 is 1.32 bits per heavy atom. The third kappa shape index (κ3) is 4.61. The SMILES string of the molecule is Cc1cc(CN(C)C(=O)[C@@H]2CCC(=O)N(CC3CCCCC3)C2)n[nH]1. The van der Waals surface area contributed by atoms with Crippen molar-refractivity contribution in [3.05, 3.63) is 17.5 Å². The quantitative estimate of drug-likeness (QED) is 0.890. The average molecular weight is 346 g/mol. The normalized spacial score (nSPS) is 22.2. The molecule has 25 heavy (non-hydrogen) atoms. The number of aryl methyl sites for hydroxylation is 1. The van der Waals surface area contributed by atoms with Gasteiger partial charge < -0.3 is 9.80 Å².